The fraction of sp³-hybridized carbons (Fsp3) is 0.0588. The van der Waals surface area contributed by atoms with Gasteiger partial charge in [-0.2, -0.15) is 0 Å². The summed E-state index contributed by atoms with van der Waals surface area (Å²) < 4.78 is 12.9. The number of aromatic nitrogens is 1. The number of amides is 1. The summed E-state index contributed by atoms with van der Waals surface area (Å²) >= 11 is 7.14. The maximum absolute atomic E-state index is 12.9. The van der Waals surface area contributed by atoms with Crippen molar-refractivity contribution in [2.75, 3.05) is 10.6 Å². The van der Waals surface area contributed by atoms with Crippen LogP contribution in [0, 0.1) is 12.7 Å². The molecule has 0 atom stereocenters. The van der Waals surface area contributed by atoms with Gasteiger partial charge in [0.2, 0.25) is 0 Å². The molecule has 0 unspecified atom stereocenters. The quantitative estimate of drug-likeness (QED) is 0.668. The van der Waals surface area contributed by atoms with E-state index < -0.39 is 0 Å². The molecule has 0 radical (unpaired) electrons. The van der Waals surface area contributed by atoms with Crippen LogP contribution in [0.3, 0.4) is 0 Å². The first kappa shape index (κ1) is 16.4. The van der Waals surface area contributed by atoms with E-state index in [9.17, 15) is 9.18 Å². The summed E-state index contributed by atoms with van der Waals surface area (Å²) in [6.07, 6.45) is 0. The van der Waals surface area contributed by atoms with E-state index in [-0.39, 0.29) is 11.7 Å². The molecule has 0 saturated carbocycles. The van der Waals surface area contributed by atoms with Gasteiger partial charge in [0.25, 0.3) is 5.91 Å². The third kappa shape index (κ3) is 3.90. The number of carbonyl (C=O) groups excluding carboxylic acids is 1. The Kier molecular flexibility index (Phi) is 4.78. The topological polar surface area (TPSA) is 54.0 Å². The van der Waals surface area contributed by atoms with Crippen LogP contribution in [0.2, 0.25) is 5.02 Å². The minimum absolute atomic E-state index is 0.251. The average Bonchev–Trinajstić information content (AvgIpc) is 2.90. The molecule has 3 rings (SSSR count). The highest BCUT2D eigenvalue weighted by Gasteiger charge is 2.16. The van der Waals surface area contributed by atoms with E-state index >= 15 is 0 Å². The molecule has 0 aliphatic carbocycles. The molecular weight excluding hydrogens is 349 g/mol. The summed E-state index contributed by atoms with van der Waals surface area (Å²) in [6, 6.07) is 12.9. The smallest absolute Gasteiger partial charge is 0.267 e. The Morgan fingerprint density at radius 1 is 1.17 bits per heavy atom. The average molecular weight is 362 g/mol. The van der Waals surface area contributed by atoms with Crippen molar-refractivity contribution >= 4 is 45.4 Å². The zero-order valence-electron chi connectivity index (χ0n) is 12.6. The zero-order valence-corrected chi connectivity index (χ0v) is 14.2. The molecule has 7 heteroatoms. The first-order valence-electron chi connectivity index (χ1n) is 7.08. The monoisotopic (exact) mass is 361 g/mol. The Morgan fingerprint density at radius 2 is 1.92 bits per heavy atom. The van der Waals surface area contributed by atoms with Crippen molar-refractivity contribution in [2.24, 2.45) is 0 Å². The highest BCUT2D eigenvalue weighted by Crippen LogP contribution is 2.27. The van der Waals surface area contributed by atoms with Crippen LogP contribution in [0.15, 0.2) is 48.5 Å². The third-order valence-corrected chi connectivity index (χ3v) is 4.49. The SMILES string of the molecule is Cc1nc(Nc2ccc(F)cc2)sc1C(=O)Nc1cccc(Cl)c1. The van der Waals surface area contributed by atoms with Crippen LogP contribution in [0.5, 0.6) is 0 Å². The molecule has 1 amide bonds. The van der Waals surface area contributed by atoms with E-state index in [1.54, 1.807) is 43.3 Å². The fourth-order valence-corrected chi connectivity index (χ4v) is 3.14. The number of carbonyl (C=O) groups is 1. The van der Waals surface area contributed by atoms with Gasteiger partial charge in [-0.3, -0.25) is 4.79 Å². The van der Waals surface area contributed by atoms with Crippen molar-refractivity contribution in [1.82, 2.24) is 4.98 Å². The van der Waals surface area contributed by atoms with Crippen LogP contribution in [0.4, 0.5) is 20.9 Å². The lowest BCUT2D eigenvalue weighted by Crippen LogP contribution is -2.11. The van der Waals surface area contributed by atoms with Crippen LogP contribution in [-0.2, 0) is 0 Å². The minimum Gasteiger partial charge on any atom is -0.332 e. The normalized spacial score (nSPS) is 10.5. The molecule has 4 nitrogen and oxygen atoms in total. The molecule has 0 saturated heterocycles. The van der Waals surface area contributed by atoms with Crippen LogP contribution in [0.1, 0.15) is 15.4 Å². The Labute approximate surface area is 147 Å². The number of thiazole rings is 1. The van der Waals surface area contributed by atoms with Crippen LogP contribution >= 0.6 is 22.9 Å². The second-order valence-corrected chi connectivity index (χ2v) is 6.47. The van der Waals surface area contributed by atoms with E-state index in [0.29, 0.717) is 32.1 Å². The van der Waals surface area contributed by atoms with Gasteiger partial charge in [-0.05, 0) is 49.4 Å². The number of nitrogens with one attached hydrogen (secondary N) is 2. The lowest BCUT2D eigenvalue weighted by Gasteiger charge is -2.04. The Bertz CT molecular complexity index is 880. The first-order chi connectivity index (χ1) is 11.5. The summed E-state index contributed by atoms with van der Waals surface area (Å²) in [5, 5.41) is 6.97. The number of hydrogen-bond acceptors (Lipinski definition) is 4. The van der Waals surface area contributed by atoms with E-state index in [0.717, 1.165) is 0 Å². The summed E-state index contributed by atoms with van der Waals surface area (Å²) in [5.74, 6) is -0.558. The predicted octanol–water partition coefficient (Wildman–Crippen LogP) is 5.24. The van der Waals surface area contributed by atoms with Crippen molar-refractivity contribution in [2.45, 2.75) is 6.92 Å². The molecule has 2 aromatic carbocycles. The molecule has 0 aliphatic heterocycles. The predicted molar refractivity (Wildman–Crippen MR) is 95.9 cm³/mol. The molecule has 0 aliphatic rings. The van der Waals surface area contributed by atoms with Crippen molar-refractivity contribution < 1.29 is 9.18 Å². The second kappa shape index (κ2) is 6.98. The maximum atomic E-state index is 12.9. The highest BCUT2D eigenvalue weighted by atomic mass is 35.5. The van der Waals surface area contributed by atoms with Gasteiger partial charge in [0, 0.05) is 16.4 Å². The summed E-state index contributed by atoms with van der Waals surface area (Å²) in [6.45, 7) is 1.76. The van der Waals surface area contributed by atoms with Gasteiger partial charge in [-0.25, -0.2) is 9.37 Å². The number of rotatable bonds is 4. The van der Waals surface area contributed by atoms with Crippen molar-refractivity contribution in [3.63, 3.8) is 0 Å². The van der Waals surface area contributed by atoms with Crippen molar-refractivity contribution in [3.8, 4) is 0 Å². The van der Waals surface area contributed by atoms with E-state index in [1.807, 2.05) is 0 Å². The third-order valence-electron chi connectivity index (χ3n) is 3.18. The molecule has 122 valence electrons. The van der Waals surface area contributed by atoms with Gasteiger partial charge in [0.15, 0.2) is 5.13 Å². The van der Waals surface area contributed by atoms with Gasteiger partial charge < -0.3 is 10.6 Å². The largest absolute Gasteiger partial charge is 0.332 e. The lowest BCUT2D eigenvalue weighted by molar-refractivity contribution is 0.103. The van der Waals surface area contributed by atoms with Crippen LogP contribution < -0.4 is 10.6 Å². The Morgan fingerprint density at radius 3 is 2.62 bits per heavy atom. The first-order valence-corrected chi connectivity index (χ1v) is 8.27. The molecule has 0 bridgehead atoms. The Hall–Kier alpha value is -2.44. The summed E-state index contributed by atoms with van der Waals surface area (Å²) in [4.78, 5) is 17.2. The second-order valence-electron chi connectivity index (χ2n) is 5.03. The Balaban J connectivity index is 1.75. The summed E-state index contributed by atoms with van der Waals surface area (Å²) in [5.41, 5.74) is 1.93. The van der Waals surface area contributed by atoms with Crippen molar-refractivity contribution in [1.29, 1.82) is 0 Å². The van der Waals surface area contributed by atoms with Crippen LogP contribution in [-0.4, -0.2) is 10.9 Å². The number of benzene rings is 2. The number of hydrogen-bond donors (Lipinski definition) is 2. The van der Waals surface area contributed by atoms with E-state index in [1.165, 1.54) is 23.5 Å². The molecule has 1 heterocycles. The van der Waals surface area contributed by atoms with Gasteiger partial charge >= 0.3 is 0 Å². The van der Waals surface area contributed by atoms with Gasteiger partial charge in [-0.15, -0.1) is 0 Å². The molecule has 1 aromatic heterocycles. The molecule has 0 spiro atoms. The molecule has 3 aromatic rings. The van der Waals surface area contributed by atoms with E-state index in [2.05, 4.69) is 15.6 Å². The molecule has 24 heavy (non-hydrogen) atoms. The molecule has 2 N–H and O–H groups in total. The van der Waals surface area contributed by atoms with Crippen molar-refractivity contribution in [3.05, 3.63) is 69.9 Å². The molecular formula is C17H13ClFN3OS. The minimum atomic E-state index is -0.308. The summed E-state index contributed by atoms with van der Waals surface area (Å²) in [7, 11) is 0. The number of anilines is 3. The maximum Gasteiger partial charge on any atom is 0.267 e. The van der Waals surface area contributed by atoms with E-state index in [4.69, 9.17) is 11.6 Å². The standard InChI is InChI=1S/C17H13ClFN3OS/c1-10-15(16(23)21-14-4-2-3-11(18)9-14)24-17(20-10)22-13-7-5-12(19)6-8-13/h2-9H,1H3,(H,20,22)(H,21,23). The lowest BCUT2D eigenvalue weighted by atomic mass is 10.3. The number of halogens is 2. The molecule has 0 fully saturated rings. The van der Waals surface area contributed by atoms with Gasteiger partial charge in [-0.1, -0.05) is 29.0 Å². The van der Waals surface area contributed by atoms with Crippen LogP contribution in [0.25, 0.3) is 0 Å². The number of nitrogens with zero attached hydrogens (tertiary/aromatic N) is 1. The van der Waals surface area contributed by atoms with Gasteiger partial charge in [0.1, 0.15) is 10.7 Å². The zero-order chi connectivity index (χ0) is 17.1. The fourth-order valence-electron chi connectivity index (χ4n) is 2.07. The van der Waals surface area contributed by atoms with Gasteiger partial charge in [0.05, 0.1) is 5.69 Å². The number of aryl methyl sites for hydroxylation is 1. The highest BCUT2D eigenvalue weighted by molar-refractivity contribution is 7.17.